The Bertz CT molecular complexity index is 467. The molecule has 1 aromatic heterocycles. The van der Waals surface area contributed by atoms with E-state index in [9.17, 15) is 9.59 Å². The van der Waals surface area contributed by atoms with Crippen molar-refractivity contribution in [3.63, 3.8) is 0 Å². The lowest BCUT2D eigenvalue weighted by Gasteiger charge is -2.34. The Kier molecular flexibility index (Phi) is 5.61. The Labute approximate surface area is 129 Å². The molecule has 5 nitrogen and oxygen atoms in total. The topological polar surface area (TPSA) is 60.9 Å². The number of thiophene rings is 1. The van der Waals surface area contributed by atoms with Crippen LogP contribution in [0.5, 0.6) is 0 Å². The molecule has 116 valence electrons. The number of carboxylic acid groups (broad SMARTS) is 1. The summed E-state index contributed by atoms with van der Waals surface area (Å²) in [5.74, 6) is -0.532. The van der Waals surface area contributed by atoms with E-state index in [1.54, 1.807) is 16.2 Å². The highest BCUT2D eigenvalue weighted by atomic mass is 32.1. The number of carboxylic acids is 1. The van der Waals surface area contributed by atoms with Crippen LogP contribution in [0.15, 0.2) is 17.5 Å². The van der Waals surface area contributed by atoms with Gasteiger partial charge < -0.3 is 14.9 Å². The number of carbonyl (C=O) groups is 2. The van der Waals surface area contributed by atoms with Crippen LogP contribution in [-0.2, 0) is 11.2 Å². The van der Waals surface area contributed by atoms with Crippen molar-refractivity contribution in [2.24, 2.45) is 5.92 Å². The Morgan fingerprint density at radius 1 is 1.43 bits per heavy atom. The summed E-state index contributed by atoms with van der Waals surface area (Å²) in [6.07, 6.45) is 2.68. The van der Waals surface area contributed by atoms with E-state index in [4.69, 9.17) is 5.11 Å². The fourth-order valence-electron chi connectivity index (χ4n) is 2.65. The van der Waals surface area contributed by atoms with Gasteiger partial charge in [-0.1, -0.05) is 6.07 Å². The minimum atomic E-state index is -0.743. The van der Waals surface area contributed by atoms with Gasteiger partial charge in [-0.2, -0.15) is 0 Å². The predicted molar refractivity (Wildman–Crippen MR) is 82.6 cm³/mol. The number of likely N-dealkylation sites (tertiary alicyclic amines) is 1. The molecule has 0 spiro atoms. The maximum Gasteiger partial charge on any atom is 0.319 e. The summed E-state index contributed by atoms with van der Waals surface area (Å²) in [5.41, 5.74) is 0. The predicted octanol–water partition coefficient (Wildman–Crippen LogP) is 2.53. The maximum absolute atomic E-state index is 12.3. The maximum atomic E-state index is 12.3. The molecule has 6 heteroatoms. The first-order valence-corrected chi connectivity index (χ1v) is 8.18. The number of rotatable bonds is 5. The van der Waals surface area contributed by atoms with Crippen molar-refractivity contribution in [3.05, 3.63) is 22.4 Å². The van der Waals surface area contributed by atoms with Crippen LogP contribution in [0.2, 0.25) is 0 Å². The van der Waals surface area contributed by atoms with Crippen molar-refractivity contribution in [1.29, 1.82) is 0 Å². The molecule has 0 saturated carbocycles. The van der Waals surface area contributed by atoms with E-state index >= 15 is 0 Å². The van der Waals surface area contributed by atoms with E-state index in [1.165, 1.54) is 4.88 Å². The molecular weight excluding hydrogens is 288 g/mol. The average molecular weight is 310 g/mol. The number of aliphatic carboxylic acids is 1. The molecule has 2 amide bonds. The van der Waals surface area contributed by atoms with Crippen LogP contribution in [0.25, 0.3) is 0 Å². The second kappa shape index (κ2) is 7.45. The minimum absolute atomic E-state index is 0.0559. The van der Waals surface area contributed by atoms with E-state index < -0.39 is 5.97 Å². The fraction of sp³-hybridized carbons (Fsp3) is 0.600. The summed E-state index contributed by atoms with van der Waals surface area (Å²) in [6.45, 7) is 2.05. The highest BCUT2D eigenvalue weighted by molar-refractivity contribution is 7.09. The molecule has 21 heavy (non-hydrogen) atoms. The Morgan fingerprint density at radius 2 is 2.14 bits per heavy atom. The van der Waals surface area contributed by atoms with Gasteiger partial charge in [-0.05, 0) is 36.6 Å². The molecule has 0 unspecified atom stereocenters. The number of likely N-dealkylation sites (N-methyl/N-ethyl adjacent to an activating group) is 1. The molecule has 1 aliphatic rings. The van der Waals surface area contributed by atoms with Gasteiger partial charge >= 0.3 is 12.0 Å². The van der Waals surface area contributed by atoms with Crippen LogP contribution in [0, 0.1) is 5.92 Å². The first kappa shape index (κ1) is 15.8. The van der Waals surface area contributed by atoms with E-state index in [2.05, 4.69) is 6.07 Å². The second-order valence-electron chi connectivity index (χ2n) is 5.56. The molecule has 1 fully saturated rings. The van der Waals surface area contributed by atoms with E-state index in [0.29, 0.717) is 19.6 Å². The number of carbonyl (C=O) groups excluding carboxylic acids is 1. The molecule has 0 atom stereocenters. The lowest BCUT2D eigenvalue weighted by atomic mass is 9.94. The van der Waals surface area contributed by atoms with Crippen LogP contribution < -0.4 is 0 Å². The van der Waals surface area contributed by atoms with Gasteiger partial charge in [0.1, 0.15) is 0 Å². The van der Waals surface area contributed by atoms with Crippen molar-refractivity contribution < 1.29 is 14.7 Å². The molecule has 1 saturated heterocycles. The lowest BCUT2D eigenvalue weighted by molar-refractivity contribution is -0.138. The normalized spacial score (nSPS) is 16.0. The van der Waals surface area contributed by atoms with Crippen LogP contribution in [0.4, 0.5) is 4.79 Å². The lowest BCUT2D eigenvalue weighted by Crippen LogP contribution is -2.45. The molecule has 1 aliphatic heterocycles. The van der Waals surface area contributed by atoms with Gasteiger partial charge in [-0.3, -0.25) is 4.79 Å². The summed E-state index contributed by atoms with van der Waals surface area (Å²) in [4.78, 5) is 27.9. The summed E-state index contributed by atoms with van der Waals surface area (Å²) in [6, 6.07) is 4.16. The van der Waals surface area contributed by atoms with E-state index in [1.807, 2.05) is 23.4 Å². The van der Waals surface area contributed by atoms with Gasteiger partial charge in [0.2, 0.25) is 0 Å². The number of hydrogen-bond donors (Lipinski definition) is 1. The molecule has 2 heterocycles. The molecule has 1 aromatic rings. The van der Waals surface area contributed by atoms with Gasteiger partial charge in [0.05, 0.1) is 0 Å². The van der Waals surface area contributed by atoms with Gasteiger partial charge in [-0.15, -0.1) is 11.3 Å². The first-order chi connectivity index (χ1) is 10.1. The van der Waals surface area contributed by atoms with Crippen molar-refractivity contribution in [3.8, 4) is 0 Å². The van der Waals surface area contributed by atoms with Crippen molar-refractivity contribution in [2.75, 3.05) is 26.7 Å². The number of hydrogen-bond acceptors (Lipinski definition) is 3. The van der Waals surface area contributed by atoms with Crippen LogP contribution >= 0.6 is 11.3 Å². The summed E-state index contributed by atoms with van der Waals surface area (Å²) >= 11 is 1.71. The number of amides is 2. The molecular formula is C15H22N2O3S. The van der Waals surface area contributed by atoms with Gasteiger partial charge in [-0.25, -0.2) is 4.79 Å². The van der Waals surface area contributed by atoms with Gasteiger partial charge in [0.25, 0.3) is 0 Å². The summed E-state index contributed by atoms with van der Waals surface area (Å²) in [7, 11) is 1.83. The fourth-order valence-corrected chi connectivity index (χ4v) is 3.34. The number of urea groups is 1. The minimum Gasteiger partial charge on any atom is -0.481 e. The smallest absolute Gasteiger partial charge is 0.319 e. The number of nitrogens with zero attached hydrogens (tertiary/aromatic N) is 2. The molecule has 0 bridgehead atoms. The van der Waals surface area contributed by atoms with Crippen LogP contribution in [0.1, 0.15) is 24.1 Å². The molecule has 0 aliphatic carbocycles. The third-order valence-corrected chi connectivity index (χ3v) is 4.88. The van der Waals surface area contributed by atoms with Crippen molar-refractivity contribution in [2.45, 2.75) is 25.7 Å². The zero-order chi connectivity index (χ0) is 15.2. The van der Waals surface area contributed by atoms with Gasteiger partial charge in [0.15, 0.2) is 0 Å². The van der Waals surface area contributed by atoms with Crippen LogP contribution in [0.3, 0.4) is 0 Å². The summed E-state index contributed by atoms with van der Waals surface area (Å²) in [5, 5.41) is 10.8. The number of piperidine rings is 1. The van der Waals surface area contributed by atoms with Crippen molar-refractivity contribution >= 4 is 23.3 Å². The molecule has 0 radical (unpaired) electrons. The first-order valence-electron chi connectivity index (χ1n) is 7.30. The third-order valence-electron chi connectivity index (χ3n) is 3.95. The zero-order valence-electron chi connectivity index (χ0n) is 12.3. The van der Waals surface area contributed by atoms with Crippen LogP contribution in [-0.4, -0.2) is 53.6 Å². The second-order valence-corrected chi connectivity index (χ2v) is 6.59. The quantitative estimate of drug-likeness (QED) is 0.909. The highest BCUT2D eigenvalue weighted by Gasteiger charge is 2.25. The molecule has 1 N–H and O–H groups in total. The average Bonchev–Trinajstić information content (AvgIpc) is 2.97. The van der Waals surface area contributed by atoms with Gasteiger partial charge in [0, 0.05) is 38.0 Å². The van der Waals surface area contributed by atoms with E-state index in [0.717, 1.165) is 19.3 Å². The zero-order valence-corrected chi connectivity index (χ0v) is 13.1. The van der Waals surface area contributed by atoms with E-state index in [-0.39, 0.29) is 18.4 Å². The summed E-state index contributed by atoms with van der Waals surface area (Å²) < 4.78 is 0. The SMILES string of the molecule is CN(CCc1cccs1)C(=O)N1CCC(CC(=O)O)CC1. The Morgan fingerprint density at radius 3 is 2.71 bits per heavy atom. The largest absolute Gasteiger partial charge is 0.481 e. The monoisotopic (exact) mass is 310 g/mol. The Balaban J connectivity index is 1.74. The Hall–Kier alpha value is -1.56. The third kappa shape index (κ3) is 4.74. The molecule has 2 rings (SSSR count). The van der Waals surface area contributed by atoms with Crippen molar-refractivity contribution in [1.82, 2.24) is 9.80 Å². The molecule has 0 aromatic carbocycles. The highest BCUT2D eigenvalue weighted by Crippen LogP contribution is 2.21. The standard InChI is InChI=1S/C15H22N2O3S/c1-16(7-6-13-3-2-10-21-13)15(20)17-8-4-12(5-9-17)11-14(18)19/h2-3,10,12H,4-9,11H2,1H3,(H,18,19).